The molecule has 3 rings (SSSR count). The van der Waals surface area contributed by atoms with Gasteiger partial charge in [-0.3, -0.25) is 0 Å². The van der Waals surface area contributed by atoms with Gasteiger partial charge in [-0.25, -0.2) is 0 Å². The van der Waals surface area contributed by atoms with Crippen molar-refractivity contribution in [1.82, 2.24) is 10.1 Å². The molecule has 2 aromatic rings. The average Bonchev–Trinajstić information content (AvgIpc) is 2.97. The standard InChI is InChI=1S/C15H19N3O2/c16-15(9-5-2-6-10-15)14-17-13(20-18-14)11-19-12-7-3-1-4-8-12/h1,3-4,7-8H,2,5-6,9-11,16H2. The van der Waals surface area contributed by atoms with E-state index in [0.717, 1.165) is 31.4 Å². The molecule has 106 valence electrons. The van der Waals surface area contributed by atoms with E-state index in [-0.39, 0.29) is 6.61 Å². The average molecular weight is 273 g/mol. The van der Waals surface area contributed by atoms with Gasteiger partial charge in [0.15, 0.2) is 12.4 Å². The van der Waals surface area contributed by atoms with Crippen LogP contribution in [-0.4, -0.2) is 10.1 Å². The summed E-state index contributed by atoms with van der Waals surface area (Å²) in [5, 5.41) is 4.03. The van der Waals surface area contributed by atoms with Crippen molar-refractivity contribution >= 4 is 0 Å². The summed E-state index contributed by atoms with van der Waals surface area (Å²) in [6.45, 7) is 0.271. The smallest absolute Gasteiger partial charge is 0.264 e. The van der Waals surface area contributed by atoms with E-state index in [0.29, 0.717) is 11.7 Å². The SMILES string of the molecule is NC1(c2noc(COc3ccccc3)n2)CCCCC1. The zero-order valence-corrected chi connectivity index (χ0v) is 11.4. The summed E-state index contributed by atoms with van der Waals surface area (Å²) in [4.78, 5) is 4.39. The van der Waals surface area contributed by atoms with Gasteiger partial charge in [0.05, 0.1) is 5.54 Å². The minimum absolute atomic E-state index is 0.271. The zero-order chi connectivity index (χ0) is 13.8. The maximum Gasteiger partial charge on any atom is 0.264 e. The van der Waals surface area contributed by atoms with Crippen molar-refractivity contribution in [1.29, 1.82) is 0 Å². The summed E-state index contributed by atoms with van der Waals surface area (Å²) in [6, 6.07) is 9.57. The van der Waals surface area contributed by atoms with Gasteiger partial charge in [-0.1, -0.05) is 42.6 Å². The predicted octanol–water partition coefficient (Wildman–Crippen LogP) is 2.77. The first-order chi connectivity index (χ1) is 9.76. The molecule has 0 spiro atoms. The fraction of sp³-hybridized carbons (Fsp3) is 0.467. The van der Waals surface area contributed by atoms with Crippen LogP contribution in [0.5, 0.6) is 5.75 Å². The van der Waals surface area contributed by atoms with Gasteiger partial charge in [-0.05, 0) is 25.0 Å². The molecule has 20 heavy (non-hydrogen) atoms. The van der Waals surface area contributed by atoms with E-state index in [2.05, 4.69) is 10.1 Å². The van der Waals surface area contributed by atoms with E-state index < -0.39 is 5.54 Å². The summed E-state index contributed by atoms with van der Waals surface area (Å²) in [5.41, 5.74) is 5.95. The summed E-state index contributed by atoms with van der Waals surface area (Å²) in [5.74, 6) is 1.87. The van der Waals surface area contributed by atoms with Gasteiger partial charge in [0.25, 0.3) is 5.89 Å². The third kappa shape index (κ3) is 2.82. The molecule has 1 aliphatic rings. The van der Waals surface area contributed by atoms with E-state index >= 15 is 0 Å². The lowest BCUT2D eigenvalue weighted by atomic mass is 9.82. The van der Waals surface area contributed by atoms with Crippen LogP contribution in [0.3, 0.4) is 0 Å². The topological polar surface area (TPSA) is 74.2 Å². The molecule has 1 aromatic carbocycles. The number of para-hydroxylation sites is 1. The number of nitrogens with zero attached hydrogens (tertiary/aromatic N) is 2. The van der Waals surface area contributed by atoms with Gasteiger partial charge < -0.3 is 15.0 Å². The van der Waals surface area contributed by atoms with E-state index in [4.69, 9.17) is 15.0 Å². The van der Waals surface area contributed by atoms with Gasteiger partial charge in [0, 0.05) is 0 Å². The number of nitrogens with two attached hydrogens (primary N) is 1. The summed E-state index contributed by atoms with van der Waals surface area (Å²) < 4.78 is 10.8. The first-order valence-electron chi connectivity index (χ1n) is 7.06. The maximum atomic E-state index is 6.38. The Morgan fingerprint density at radius 1 is 1.15 bits per heavy atom. The minimum Gasteiger partial charge on any atom is -0.484 e. The highest BCUT2D eigenvalue weighted by Gasteiger charge is 2.34. The van der Waals surface area contributed by atoms with Crippen LogP contribution in [0, 0.1) is 0 Å². The van der Waals surface area contributed by atoms with Gasteiger partial charge in [0.1, 0.15) is 5.75 Å². The van der Waals surface area contributed by atoms with Crippen molar-refractivity contribution in [2.75, 3.05) is 0 Å². The van der Waals surface area contributed by atoms with Crippen molar-refractivity contribution in [3.05, 3.63) is 42.0 Å². The number of hydrogen-bond acceptors (Lipinski definition) is 5. The summed E-state index contributed by atoms with van der Waals surface area (Å²) in [6.07, 6.45) is 5.33. The number of hydrogen-bond donors (Lipinski definition) is 1. The number of aromatic nitrogens is 2. The van der Waals surface area contributed by atoms with Crippen LogP contribution in [0.15, 0.2) is 34.9 Å². The first kappa shape index (κ1) is 13.1. The molecule has 0 radical (unpaired) electrons. The molecule has 0 amide bonds. The Bertz CT molecular complexity index is 547. The van der Waals surface area contributed by atoms with Crippen LogP contribution in [0.1, 0.15) is 43.8 Å². The Kier molecular flexibility index (Phi) is 3.69. The molecule has 0 saturated heterocycles. The summed E-state index contributed by atoms with van der Waals surface area (Å²) in [7, 11) is 0. The lowest BCUT2D eigenvalue weighted by molar-refractivity contribution is 0.238. The third-order valence-electron chi connectivity index (χ3n) is 3.76. The predicted molar refractivity (Wildman–Crippen MR) is 74.0 cm³/mol. The van der Waals surface area contributed by atoms with Crippen molar-refractivity contribution in [3.8, 4) is 5.75 Å². The zero-order valence-electron chi connectivity index (χ0n) is 11.4. The van der Waals surface area contributed by atoms with Crippen LogP contribution in [0.2, 0.25) is 0 Å². The second-order valence-electron chi connectivity index (χ2n) is 5.33. The van der Waals surface area contributed by atoms with Gasteiger partial charge in [0.2, 0.25) is 0 Å². The molecule has 0 aliphatic heterocycles. The van der Waals surface area contributed by atoms with E-state index in [1.807, 2.05) is 30.3 Å². The monoisotopic (exact) mass is 273 g/mol. The van der Waals surface area contributed by atoms with Crippen LogP contribution in [-0.2, 0) is 12.1 Å². The molecule has 0 unspecified atom stereocenters. The van der Waals surface area contributed by atoms with Crippen molar-refractivity contribution in [3.63, 3.8) is 0 Å². The Morgan fingerprint density at radius 3 is 2.65 bits per heavy atom. The number of ether oxygens (including phenoxy) is 1. The van der Waals surface area contributed by atoms with E-state index in [1.165, 1.54) is 6.42 Å². The molecule has 1 aliphatic carbocycles. The normalized spacial score (nSPS) is 17.9. The Hall–Kier alpha value is -1.88. The third-order valence-corrected chi connectivity index (χ3v) is 3.76. The highest BCUT2D eigenvalue weighted by molar-refractivity contribution is 5.21. The molecule has 1 aromatic heterocycles. The Balaban J connectivity index is 1.65. The van der Waals surface area contributed by atoms with Crippen LogP contribution < -0.4 is 10.5 Å². The highest BCUT2D eigenvalue weighted by atomic mass is 16.5. The van der Waals surface area contributed by atoms with Crippen LogP contribution in [0.25, 0.3) is 0 Å². The Morgan fingerprint density at radius 2 is 1.90 bits per heavy atom. The minimum atomic E-state index is -0.424. The molecule has 0 atom stereocenters. The molecule has 2 N–H and O–H groups in total. The number of rotatable bonds is 4. The fourth-order valence-corrected chi connectivity index (χ4v) is 2.58. The van der Waals surface area contributed by atoms with Gasteiger partial charge in [-0.2, -0.15) is 4.98 Å². The van der Waals surface area contributed by atoms with E-state index in [1.54, 1.807) is 0 Å². The molecular weight excluding hydrogens is 254 g/mol. The fourth-order valence-electron chi connectivity index (χ4n) is 2.58. The van der Waals surface area contributed by atoms with Crippen molar-refractivity contribution in [2.45, 2.75) is 44.2 Å². The quantitative estimate of drug-likeness (QED) is 0.927. The van der Waals surface area contributed by atoms with Crippen molar-refractivity contribution < 1.29 is 9.26 Å². The lowest BCUT2D eigenvalue weighted by Gasteiger charge is -2.29. The molecule has 1 fully saturated rings. The van der Waals surface area contributed by atoms with Gasteiger partial charge >= 0.3 is 0 Å². The molecular formula is C15H19N3O2. The summed E-state index contributed by atoms with van der Waals surface area (Å²) >= 11 is 0. The lowest BCUT2D eigenvalue weighted by Crippen LogP contribution is -2.39. The molecule has 1 heterocycles. The van der Waals surface area contributed by atoms with E-state index in [9.17, 15) is 0 Å². The molecule has 5 heteroatoms. The molecule has 5 nitrogen and oxygen atoms in total. The molecule has 1 saturated carbocycles. The Labute approximate surface area is 118 Å². The van der Waals surface area contributed by atoms with Gasteiger partial charge in [-0.15, -0.1) is 0 Å². The molecule has 0 bridgehead atoms. The first-order valence-corrected chi connectivity index (χ1v) is 7.06. The second kappa shape index (κ2) is 5.63. The maximum absolute atomic E-state index is 6.38. The largest absolute Gasteiger partial charge is 0.484 e. The van der Waals surface area contributed by atoms with Crippen LogP contribution in [0.4, 0.5) is 0 Å². The second-order valence-corrected chi connectivity index (χ2v) is 5.33. The van der Waals surface area contributed by atoms with Crippen molar-refractivity contribution in [2.24, 2.45) is 5.73 Å². The number of benzene rings is 1. The highest BCUT2D eigenvalue weighted by Crippen LogP contribution is 2.33. The van der Waals surface area contributed by atoms with Crippen LogP contribution >= 0.6 is 0 Å².